The standard InChI is InChI=1S/C14H15Cl2NO4/c1-20-12(18)7-9-8-17(5-6-21-9)14(19)13-10(15)3-2-4-11(13)16/h2-4,9H,5-8H2,1H3. The highest BCUT2D eigenvalue weighted by Gasteiger charge is 2.28. The van der Waals surface area contributed by atoms with Gasteiger partial charge in [0.15, 0.2) is 0 Å². The fourth-order valence-corrected chi connectivity index (χ4v) is 2.72. The van der Waals surface area contributed by atoms with E-state index in [0.29, 0.717) is 29.7 Å². The molecular weight excluding hydrogens is 317 g/mol. The highest BCUT2D eigenvalue weighted by Crippen LogP contribution is 2.26. The van der Waals surface area contributed by atoms with Crippen LogP contribution in [0.25, 0.3) is 0 Å². The van der Waals surface area contributed by atoms with E-state index < -0.39 is 0 Å². The lowest BCUT2D eigenvalue weighted by atomic mass is 10.1. The van der Waals surface area contributed by atoms with Crippen molar-refractivity contribution in [2.75, 3.05) is 26.8 Å². The summed E-state index contributed by atoms with van der Waals surface area (Å²) < 4.78 is 10.1. The lowest BCUT2D eigenvalue weighted by Gasteiger charge is -2.32. The first-order valence-electron chi connectivity index (χ1n) is 6.44. The lowest BCUT2D eigenvalue weighted by molar-refractivity contribution is -0.145. The van der Waals surface area contributed by atoms with Crippen LogP contribution in [0.5, 0.6) is 0 Å². The van der Waals surface area contributed by atoms with E-state index in [-0.39, 0.29) is 30.0 Å². The van der Waals surface area contributed by atoms with Gasteiger partial charge in [-0.15, -0.1) is 0 Å². The van der Waals surface area contributed by atoms with Crippen molar-refractivity contribution in [1.29, 1.82) is 0 Å². The highest BCUT2D eigenvalue weighted by molar-refractivity contribution is 6.39. The molecule has 5 nitrogen and oxygen atoms in total. The second kappa shape index (κ2) is 7.11. The van der Waals surface area contributed by atoms with Crippen molar-refractivity contribution in [3.8, 4) is 0 Å². The summed E-state index contributed by atoms with van der Waals surface area (Å²) in [5.74, 6) is -0.631. The average Bonchev–Trinajstić information content (AvgIpc) is 2.47. The zero-order chi connectivity index (χ0) is 15.4. The summed E-state index contributed by atoms with van der Waals surface area (Å²) in [6, 6.07) is 4.92. The number of methoxy groups -OCH3 is 1. The van der Waals surface area contributed by atoms with Crippen LogP contribution in [0.3, 0.4) is 0 Å². The lowest BCUT2D eigenvalue weighted by Crippen LogP contribution is -2.46. The van der Waals surface area contributed by atoms with Crippen LogP contribution in [0.2, 0.25) is 10.0 Å². The Balaban J connectivity index is 2.10. The van der Waals surface area contributed by atoms with E-state index in [4.69, 9.17) is 27.9 Å². The van der Waals surface area contributed by atoms with Crippen molar-refractivity contribution in [2.45, 2.75) is 12.5 Å². The Labute approximate surface area is 132 Å². The summed E-state index contributed by atoms with van der Waals surface area (Å²) in [7, 11) is 1.32. The third-order valence-corrected chi connectivity index (χ3v) is 3.85. The number of benzene rings is 1. The highest BCUT2D eigenvalue weighted by atomic mass is 35.5. The maximum atomic E-state index is 12.5. The van der Waals surface area contributed by atoms with E-state index in [2.05, 4.69) is 4.74 Å². The third-order valence-electron chi connectivity index (χ3n) is 3.22. The molecule has 2 rings (SSSR count). The number of carbonyl (C=O) groups excluding carboxylic acids is 2. The molecule has 0 N–H and O–H groups in total. The molecule has 1 amide bonds. The molecule has 0 bridgehead atoms. The van der Waals surface area contributed by atoms with Crippen LogP contribution in [-0.2, 0) is 14.3 Å². The fraction of sp³-hybridized carbons (Fsp3) is 0.429. The quantitative estimate of drug-likeness (QED) is 0.798. The normalized spacial score (nSPS) is 18.4. The largest absolute Gasteiger partial charge is 0.469 e. The Morgan fingerprint density at radius 3 is 2.67 bits per heavy atom. The van der Waals surface area contributed by atoms with E-state index in [1.54, 1.807) is 23.1 Å². The summed E-state index contributed by atoms with van der Waals surface area (Å²) in [6.07, 6.45) is -0.271. The van der Waals surface area contributed by atoms with Crippen molar-refractivity contribution in [2.24, 2.45) is 0 Å². The van der Waals surface area contributed by atoms with Crippen LogP contribution in [-0.4, -0.2) is 49.7 Å². The molecule has 0 radical (unpaired) electrons. The summed E-state index contributed by atoms with van der Waals surface area (Å²) in [5, 5.41) is 0.618. The molecule has 1 aliphatic rings. The number of amides is 1. The number of halogens is 2. The second-order valence-electron chi connectivity index (χ2n) is 4.62. The van der Waals surface area contributed by atoms with Crippen LogP contribution in [0.1, 0.15) is 16.8 Å². The zero-order valence-corrected chi connectivity index (χ0v) is 13.0. The Kier molecular flexibility index (Phi) is 5.45. The second-order valence-corrected chi connectivity index (χ2v) is 5.44. The number of nitrogens with zero attached hydrogens (tertiary/aromatic N) is 1. The number of hydrogen-bond acceptors (Lipinski definition) is 4. The van der Waals surface area contributed by atoms with E-state index >= 15 is 0 Å². The van der Waals surface area contributed by atoms with Crippen LogP contribution in [0.15, 0.2) is 18.2 Å². The average molecular weight is 332 g/mol. The maximum Gasteiger partial charge on any atom is 0.308 e. The van der Waals surface area contributed by atoms with Crippen LogP contribution in [0.4, 0.5) is 0 Å². The van der Waals surface area contributed by atoms with Crippen molar-refractivity contribution >= 4 is 35.1 Å². The van der Waals surface area contributed by atoms with Gasteiger partial charge >= 0.3 is 5.97 Å². The molecule has 1 aliphatic heterocycles. The molecule has 1 unspecified atom stereocenters. The SMILES string of the molecule is COC(=O)CC1CN(C(=O)c2c(Cl)cccc2Cl)CCO1. The minimum Gasteiger partial charge on any atom is -0.469 e. The van der Waals surface area contributed by atoms with E-state index in [0.717, 1.165) is 0 Å². The molecule has 7 heteroatoms. The first-order valence-corrected chi connectivity index (χ1v) is 7.20. The summed E-state index contributed by atoms with van der Waals surface area (Å²) in [6.45, 7) is 1.09. The predicted molar refractivity (Wildman–Crippen MR) is 78.7 cm³/mol. The molecule has 1 heterocycles. The molecule has 114 valence electrons. The van der Waals surface area contributed by atoms with Gasteiger partial charge in [-0.05, 0) is 12.1 Å². The number of carbonyl (C=O) groups is 2. The molecule has 21 heavy (non-hydrogen) atoms. The Morgan fingerprint density at radius 1 is 1.38 bits per heavy atom. The minimum atomic E-state index is -0.378. The van der Waals surface area contributed by atoms with Crippen molar-refractivity contribution in [3.05, 3.63) is 33.8 Å². The Morgan fingerprint density at radius 2 is 2.05 bits per heavy atom. The van der Waals surface area contributed by atoms with E-state index in [9.17, 15) is 9.59 Å². The van der Waals surface area contributed by atoms with Gasteiger partial charge in [-0.2, -0.15) is 0 Å². The van der Waals surface area contributed by atoms with Crippen molar-refractivity contribution in [3.63, 3.8) is 0 Å². The first kappa shape index (κ1) is 16.1. The molecule has 1 aromatic carbocycles. The predicted octanol–water partition coefficient (Wildman–Crippen LogP) is 2.40. The molecule has 0 aromatic heterocycles. The number of hydrogen-bond donors (Lipinski definition) is 0. The maximum absolute atomic E-state index is 12.5. The molecule has 1 aromatic rings. The number of esters is 1. The molecule has 1 fully saturated rings. The van der Waals surface area contributed by atoms with Crippen LogP contribution >= 0.6 is 23.2 Å². The van der Waals surface area contributed by atoms with E-state index in [1.807, 2.05) is 0 Å². The van der Waals surface area contributed by atoms with Crippen LogP contribution in [0, 0.1) is 0 Å². The van der Waals surface area contributed by atoms with Gasteiger partial charge in [-0.3, -0.25) is 9.59 Å². The Bertz CT molecular complexity index is 530. The monoisotopic (exact) mass is 331 g/mol. The Hall–Kier alpha value is -1.30. The molecule has 1 atom stereocenters. The van der Waals surface area contributed by atoms with Gasteiger partial charge in [0.25, 0.3) is 5.91 Å². The van der Waals surface area contributed by atoms with Gasteiger partial charge in [-0.1, -0.05) is 29.3 Å². The van der Waals surface area contributed by atoms with E-state index in [1.165, 1.54) is 7.11 Å². The summed E-state index contributed by atoms with van der Waals surface area (Å²) in [4.78, 5) is 25.4. The third kappa shape index (κ3) is 3.87. The van der Waals surface area contributed by atoms with Crippen molar-refractivity contribution < 1.29 is 19.1 Å². The summed E-state index contributed by atoms with van der Waals surface area (Å²) in [5.41, 5.74) is 0.277. The molecular formula is C14H15Cl2NO4. The van der Waals surface area contributed by atoms with Crippen molar-refractivity contribution in [1.82, 2.24) is 4.90 Å². The topological polar surface area (TPSA) is 55.8 Å². The van der Waals surface area contributed by atoms with Gasteiger partial charge < -0.3 is 14.4 Å². The van der Waals surface area contributed by atoms with Gasteiger partial charge in [0.2, 0.25) is 0 Å². The molecule has 0 spiro atoms. The number of ether oxygens (including phenoxy) is 2. The zero-order valence-electron chi connectivity index (χ0n) is 11.5. The molecule has 0 aliphatic carbocycles. The first-order chi connectivity index (χ1) is 10.0. The minimum absolute atomic E-state index is 0.108. The smallest absolute Gasteiger partial charge is 0.308 e. The summed E-state index contributed by atoms with van der Waals surface area (Å²) >= 11 is 12.1. The number of morpholine rings is 1. The van der Waals surface area contributed by atoms with Gasteiger partial charge in [0.1, 0.15) is 0 Å². The molecule has 0 saturated carbocycles. The van der Waals surface area contributed by atoms with Gasteiger partial charge in [-0.25, -0.2) is 0 Å². The van der Waals surface area contributed by atoms with Gasteiger partial charge in [0, 0.05) is 13.1 Å². The number of rotatable bonds is 3. The fourth-order valence-electron chi connectivity index (χ4n) is 2.16. The molecule has 1 saturated heterocycles. The van der Waals surface area contributed by atoms with Crippen LogP contribution < -0.4 is 0 Å². The van der Waals surface area contributed by atoms with Gasteiger partial charge in [0.05, 0.1) is 41.9 Å².